The summed E-state index contributed by atoms with van der Waals surface area (Å²) in [6, 6.07) is 16.2. The molecule has 2 aromatic carbocycles. The lowest BCUT2D eigenvalue weighted by Gasteiger charge is -2.12. The Hall–Kier alpha value is -2.04. The van der Waals surface area contributed by atoms with Crippen LogP contribution in [-0.4, -0.2) is 22.3 Å². The number of benzene rings is 2. The normalized spacial score (nSPS) is 11.0. The van der Waals surface area contributed by atoms with E-state index in [4.69, 9.17) is 21.3 Å². The molecule has 0 N–H and O–H groups in total. The molecular weight excluding hydrogens is 376 g/mol. The van der Waals surface area contributed by atoms with Crippen LogP contribution in [0.2, 0.25) is 5.02 Å². The summed E-state index contributed by atoms with van der Waals surface area (Å²) in [6.07, 6.45) is 5.67. The Morgan fingerprint density at radius 3 is 2.22 bits per heavy atom. The second kappa shape index (κ2) is 9.25. The summed E-state index contributed by atoms with van der Waals surface area (Å²) in [4.78, 5) is 9.23. The molecule has 0 unspecified atom stereocenters. The second-order valence-corrected chi connectivity index (χ2v) is 7.83. The van der Waals surface area contributed by atoms with Gasteiger partial charge in [0.05, 0.1) is 11.8 Å². The summed E-state index contributed by atoms with van der Waals surface area (Å²) in [6.45, 7) is 4.06. The van der Waals surface area contributed by atoms with E-state index in [-0.39, 0.29) is 6.10 Å². The zero-order valence-electron chi connectivity index (χ0n) is 15.8. The first-order chi connectivity index (χ1) is 13.0. The van der Waals surface area contributed by atoms with Crippen molar-refractivity contribution in [3.8, 4) is 5.75 Å². The predicted octanol–water partition coefficient (Wildman–Crippen LogP) is 5.82. The van der Waals surface area contributed by atoms with E-state index in [1.165, 1.54) is 11.1 Å². The summed E-state index contributed by atoms with van der Waals surface area (Å²) in [5.41, 5.74) is 4.59. The van der Waals surface area contributed by atoms with E-state index in [0.29, 0.717) is 0 Å². The lowest BCUT2D eigenvalue weighted by molar-refractivity contribution is 0.242. The van der Waals surface area contributed by atoms with Crippen molar-refractivity contribution in [2.24, 2.45) is 0 Å². The molecule has 5 heteroatoms. The maximum atomic E-state index is 6.01. The molecule has 0 atom stereocenters. The van der Waals surface area contributed by atoms with E-state index >= 15 is 0 Å². The summed E-state index contributed by atoms with van der Waals surface area (Å²) >= 11 is 7.56. The van der Waals surface area contributed by atoms with Gasteiger partial charge in [-0.15, -0.1) is 0 Å². The van der Waals surface area contributed by atoms with Gasteiger partial charge in [0.25, 0.3) is 0 Å². The zero-order valence-corrected chi connectivity index (χ0v) is 17.3. The third-order valence-corrected chi connectivity index (χ3v) is 4.90. The zero-order chi connectivity index (χ0) is 19.2. The lowest BCUT2D eigenvalue weighted by atomic mass is 10.0. The van der Waals surface area contributed by atoms with Crippen LogP contribution in [0.25, 0.3) is 0 Å². The van der Waals surface area contributed by atoms with Crippen LogP contribution in [0.5, 0.6) is 5.75 Å². The Kier molecular flexibility index (Phi) is 6.75. The van der Waals surface area contributed by atoms with E-state index in [0.717, 1.165) is 40.0 Å². The fraction of sp³-hybridized carbons (Fsp3) is 0.273. The van der Waals surface area contributed by atoms with Gasteiger partial charge in [-0.3, -0.25) is 0 Å². The highest BCUT2D eigenvalue weighted by Gasteiger charge is 2.10. The highest BCUT2D eigenvalue weighted by Crippen LogP contribution is 2.21. The van der Waals surface area contributed by atoms with Crippen LogP contribution in [-0.2, 0) is 12.8 Å². The highest BCUT2D eigenvalue weighted by atomic mass is 35.5. The lowest BCUT2D eigenvalue weighted by Crippen LogP contribution is -2.06. The Balaban J connectivity index is 1.82. The molecule has 140 valence electrons. The van der Waals surface area contributed by atoms with Gasteiger partial charge in [-0.2, -0.15) is 0 Å². The monoisotopic (exact) mass is 398 g/mol. The molecule has 0 saturated heterocycles. The number of rotatable bonds is 7. The van der Waals surface area contributed by atoms with Crippen molar-refractivity contribution in [3.63, 3.8) is 0 Å². The summed E-state index contributed by atoms with van der Waals surface area (Å²) in [5.74, 6) is 0.893. The minimum Gasteiger partial charge on any atom is -0.491 e. The van der Waals surface area contributed by atoms with Gasteiger partial charge in [-0.05, 0) is 61.1 Å². The quantitative estimate of drug-likeness (QED) is 0.371. The topological polar surface area (TPSA) is 35.0 Å². The minimum absolute atomic E-state index is 0.175. The van der Waals surface area contributed by atoms with Gasteiger partial charge in [-0.1, -0.05) is 47.6 Å². The molecule has 0 aliphatic heterocycles. The van der Waals surface area contributed by atoms with Crippen molar-refractivity contribution < 1.29 is 4.74 Å². The molecule has 0 aliphatic carbocycles. The van der Waals surface area contributed by atoms with Gasteiger partial charge < -0.3 is 4.74 Å². The second-order valence-electron chi connectivity index (χ2n) is 6.62. The number of hydrogen-bond donors (Lipinski definition) is 0. The van der Waals surface area contributed by atoms with Crippen molar-refractivity contribution in [1.29, 1.82) is 0 Å². The number of thioether (sulfide) groups is 1. The molecule has 0 spiro atoms. The van der Waals surface area contributed by atoms with Crippen molar-refractivity contribution in [3.05, 3.63) is 82.1 Å². The van der Waals surface area contributed by atoms with Gasteiger partial charge >= 0.3 is 0 Å². The van der Waals surface area contributed by atoms with E-state index < -0.39 is 0 Å². The van der Waals surface area contributed by atoms with Crippen LogP contribution in [0.1, 0.15) is 36.2 Å². The summed E-state index contributed by atoms with van der Waals surface area (Å²) in [7, 11) is 0. The molecule has 1 aromatic heterocycles. The molecule has 0 aliphatic rings. The first-order valence-corrected chi connectivity index (χ1v) is 10.5. The summed E-state index contributed by atoms with van der Waals surface area (Å²) in [5, 5.41) is 1.54. The van der Waals surface area contributed by atoms with Crippen LogP contribution in [0.15, 0.2) is 59.9 Å². The maximum absolute atomic E-state index is 6.01. The van der Waals surface area contributed by atoms with Crippen molar-refractivity contribution in [2.45, 2.75) is 37.9 Å². The molecule has 3 nitrogen and oxygen atoms in total. The number of hydrogen-bond acceptors (Lipinski definition) is 4. The summed E-state index contributed by atoms with van der Waals surface area (Å²) < 4.78 is 5.72. The molecule has 27 heavy (non-hydrogen) atoms. The predicted molar refractivity (Wildman–Crippen MR) is 113 cm³/mol. The van der Waals surface area contributed by atoms with E-state index in [1.54, 1.807) is 11.8 Å². The van der Waals surface area contributed by atoms with Crippen LogP contribution in [0.4, 0.5) is 0 Å². The van der Waals surface area contributed by atoms with Crippen molar-refractivity contribution >= 4 is 23.4 Å². The van der Waals surface area contributed by atoms with Gasteiger partial charge in [0.15, 0.2) is 5.16 Å². The maximum Gasteiger partial charge on any atom is 0.187 e. The molecular formula is C22H23ClN2OS. The van der Waals surface area contributed by atoms with Crippen LogP contribution >= 0.6 is 23.4 Å². The first-order valence-electron chi connectivity index (χ1n) is 8.92. The SMILES string of the molecule is CSc1ncc(Cc2ccc(OC(C)C)cc2)c(Cc2ccc(Cl)cc2)n1. The third-order valence-electron chi connectivity index (χ3n) is 4.09. The molecule has 0 radical (unpaired) electrons. The van der Waals surface area contributed by atoms with Gasteiger partial charge in [0.1, 0.15) is 5.75 Å². The van der Waals surface area contributed by atoms with E-state index in [1.807, 2.05) is 62.7 Å². The molecule has 0 saturated carbocycles. The van der Waals surface area contributed by atoms with Gasteiger partial charge in [0.2, 0.25) is 0 Å². The average molecular weight is 399 g/mol. The Bertz CT molecular complexity index is 880. The average Bonchev–Trinajstić information content (AvgIpc) is 2.66. The van der Waals surface area contributed by atoms with E-state index in [9.17, 15) is 0 Å². The number of ether oxygens (including phenoxy) is 1. The third kappa shape index (κ3) is 5.72. The highest BCUT2D eigenvalue weighted by molar-refractivity contribution is 7.98. The molecule has 3 rings (SSSR count). The largest absolute Gasteiger partial charge is 0.491 e. The Labute approximate surface area is 170 Å². The van der Waals surface area contributed by atoms with E-state index in [2.05, 4.69) is 17.1 Å². The fourth-order valence-corrected chi connectivity index (χ4v) is 3.28. The van der Waals surface area contributed by atoms with Crippen molar-refractivity contribution in [2.75, 3.05) is 6.26 Å². The molecule has 1 heterocycles. The van der Waals surface area contributed by atoms with Gasteiger partial charge in [0, 0.05) is 24.1 Å². The number of aromatic nitrogens is 2. The molecule has 0 fully saturated rings. The first kappa shape index (κ1) is 19.7. The Morgan fingerprint density at radius 2 is 1.59 bits per heavy atom. The Morgan fingerprint density at radius 1 is 0.963 bits per heavy atom. The van der Waals surface area contributed by atoms with Crippen molar-refractivity contribution in [1.82, 2.24) is 9.97 Å². The number of halogens is 1. The molecule has 0 amide bonds. The smallest absolute Gasteiger partial charge is 0.187 e. The number of nitrogens with zero attached hydrogens (tertiary/aromatic N) is 2. The van der Waals surface area contributed by atoms with Crippen LogP contribution in [0.3, 0.4) is 0 Å². The van der Waals surface area contributed by atoms with Gasteiger partial charge in [-0.25, -0.2) is 9.97 Å². The fourth-order valence-electron chi connectivity index (χ4n) is 2.80. The minimum atomic E-state index is 0.175. The van der Waals surface area contributed by atoms with Crippen LogP contribution in [0, 0.1) is 0 Å². The standard InChI is InChI=1S/C22H23ClN2OS/c1-15(2)26-20-10-6-16(7-11-20)12-18-14-24-22(27-3)25-21(18)13-17-4-8-19(23)9-5-17/h4-11,14-15H,12-13H2,1-3H3. The van der Waals surface area contributed by atoms with Crippen LogP contribution < -0.4 is 4.74 Å². The molecule has 3 aromatic rings. The molecule has 0 bridgehead atoms.